The van der Waals surface area contributed by atoms with Crippen molar-refractivity contribution in [2.24, 2.45) is 0 Å². The second-order valence-electron chi connectivity index (χ2n) is 5.84. The van der Waals surface area contributed by atoms with E-state index in [-0.39, 0.29) is 10.8 Å². The van der Waals surface area contributed by atoms with E-state index in [0.717, 1.165) is 16.5 Å². The van der Waals surface area contributed by atoms with Crippen LogP contribution < -0.4 is 10.0 Å². The van der Waals surface area contributed by atoms with E-state index in [1.165, 1.54) is 30.9 Å². The molecule has 0 radical (unpaired) electrons. The summed E-state index contributed by atoms with van der Waals surface area (Å²) in [5.41, 5.74) is 2.07. The highest BCUT2D eigenvalue weighted by Gasteiger charge is 2.23. The van der Waals surface area contributed by atoms with Crippen LogP contribution in [0.3, 0.4) is 0 Å². The molecular weight excluding hydrogens is 418 g/mol. The van der Waals surface area contributed by atoms with E-state index < -0.39 is 10.0 Å². The molecule has 1 amide bonds. The molecule has 0 spiro atoms. The summed E-state index contributed by atoms with van der Waals surface area (Å²) in [5.74, 6) is 0.246. The molecule has 0 atom stereocenters. The maximum Gasteiger partial charge on any atom is 0.263 e. The molecular formula is C18H13N3O4S3. The number of nitrogens with zero attached hydrogens (tertiary/aromatic N) is 1. The van der Waals surface area contributed by atoms with Crippen molar-refractivity contribution in [1.82, 2.24) is 15.0 Å². The lowest BCUT2D eigenvalue weighted by Gasteiger charge is -2.05. The van der Waals surface area contributed by atoms with Crippen LogP contribution in [0.25, 0.3) is 28.2 Å². The van der Waals surface area contributed by atoms with Crippen LogP contribution in [-0.4, -0.2) is 30.7 Å². The molecule has 0 bridgehead atoms. The number of rotatable bonds is 4. The van der Waals surface area contributed by atoms with Gasteiger partial charge in [-0.25, -0.2) is 13.1 Å². The first-order valence-corrected chi connectivity index (χ1v) is 10.7. The lowest BCUT2D eigenvalue weighted by atomic mass is 10.1. The quantitative estimate of drug-likeness (QED) is 0.484. The summed E-state index contributed by atoms with van der Waals surface area (Å²) >= 11 is 6.16. The lowest BCUT2D eigenvalue weighted by Crippen LogP contribution is -2.18. The molecule has 7 nitrogen and oxygen atoms in total. The van der Waals surface area contributed by atoms with Gasteiger partial charge in [0.1, 0.15) is 15.7 Å². The number of carbonyl (C=O) groups excluding carboxylic acids is 1. The van der Waals surface area contributed by atoms with Crippen LogP contribution in [0.5, 0.6) is 0 Å². The SMILES string of the molecule is CNS(=O)(=O)c1ccc(-c2cncc3cc(C=C4SC(=S)NC4=O)oc23)cc1. The van der Waals surface area contributed by atoms with Gasteiger partial charge < -0.3 is 9.73 Å². The van der Waals surface area contributed by atoms with E-state index in [9.17, 15) is 13.2 Å². The summed E-state index contributed by atoms with van der Waals surface area (Å²) in [6.07, 6.45) is 4.94. The molecule has 142 valence electrons. The zero-order chi connectivity index (χ0) is 19.9. The van der Waals surface area contributed by atoms with Gasteiger partial charge in [-0.1, -0.05) is 36.1 Å². The van der Waals surface area contributed by atoms with E-state index in [1.54, 1.807) is 36.7 Å². The number of sulfonamides is 1. The summed E-state index contributed by atoms with van der Waals surface area (Å²) in [4.78, 5) is 16.7. The molecule has 2 aromatic heterocycles. The molecule has 4 rings (SSSR count). The topological polar surface area (TPSA) is 101 Å². The molecule has 2 N–H and O–H groups in total. The average Bonchev–Trinajstić information content (AvgIpc) is 3.23. The number of hydrogen-bond donors (Lipinski definition) is 2. The fraction of sp³-hybridized carbons (Fsp3) is 0.0556. The number of benzene rings is 1. The fourth-order valence-electron chi connectivity index (χ4n) is 2.74. The summed E-state index contributed by atoms with van der Waals surface area (Å²) in [7, 11) is -2.14. The van der Waals surface area contributed by atoms with Crippen molar-refractivity contribution < 1.29 is 17.6 Å². The third kappa shape index (κ3) is 3.47. The zero-order valence-electron chi connectivity index (χ0n) is 14.4. The van der Waals surface area contributed by atoms with Crippen LogP contribution in [0, 0.1) is 0 Å². The minimum atomic E-state index is -3.51. The second kappa shape index (κ2) is 7.13. The molecule has 1 saturated heterocycles. The van der Waals surface area contributed by atoms with Crippen LogP contribution in [0.15, 0.2) is 56.9 Å². The number of aromatic nitrogens is 1. The first-order chi connectivity index (χ1) is 13.4. The van der Waals surface area contributed by atoms with Crippen molar-refractivity contribution in [3.8, 4) is 11.1 Å². The number of hydrogen-bond acceptors (Lipinski definition) is 7. The van der Waals surface area contributed by atoms with Crippen LogP contribution in [-0.2, 0) is 14.8 Å². The highest BCUT2D eigenvalue weighted by molar-refractivity contribution is 8.26. The molecule has 0 unspecified atom stereocenters. The Morgan fingerprint density at radius 2 is 2.00 bits per heavy atom. The van der Waals surface area contributed by atoms with E-state index in [4.69, 9.17) is 16.6 Å². The highest BCUT2D eigenvalue weighted by atomic mass is 32.2. The Labute approximate surface area is 170 Å². The largest absolute Gasteiger partial charge is 0.456 e. The van der Waals surface area contributed by atoms with Crippen molar-refractivity contribution in [2.45, 2.75) is 4.90 Å². The number of pyridine rings is 1. The number of amides is 1. The number of carbonyl (C=O) groups is 1. The summed E-state index contributed by atoms with van der Waals surface area (Å²) in [5, 5.41) is 3.33. The standard InChI is InChI=1S/C18H13N3O4S3/c1-19-28(23,24)13-4-2-10(3-5-13)14-9-20-8-11-6-12(25-16(11)14)7-15-17(22)21-18(26)27-15/h2-9,19H,1H3,(H,21,22,26). The van der Waals surface area contributed by atoms with Crippen molar-refractivity contribution in [3.05, 3.63) is 53.4 Å². The Kier molecular flexibility index (Phi) is 4.79. The van der Waals surface area contributed by atoms with Crippen LogP contribution in [0.1, 0.15) is 5.76 Å². The predicted octanol–water partition coefficient (Wildman–Crippen LogP) is 2.89. The van der Waals surface area contributed by atoms with E-state index in [0.29, 0.717) is 20.6 Å². The fourth-order valence-corrected chi connectivity index (χ4v) is 4.50. The lowest BCUT2D eigenvalue weighted by molar-refractivity contribution is -0.115. The van der Waals surface area contributed by atoms with Gasteiger partial charge in [0.2, 0.25) is 10.0 Å². The minimum Gasteiger partial charge on any atom is -0.456 e. The predicted molar refractivity (Wildman–Crippen MR) is 112 cm³/mol. The monoisotopic (exact) mass is 431 g/mol. The van der Waals surface area contributed by atoms with Crippen molar-refractivity contribution in [1.29, 1.82) is 0 Å². The number of thiocarbonyl (C=S) groups is 1. The van der Waals surface area contributed by atoms with Gasteiger partial charge in [0.05, 0.1) is 9.80 Å². The molecule has 1 aliphatic rings. The Morgan fingerprint density at radius 1 is 1.25 bits per heavy atom. The van der Waals surface area contributed by atoms with E-state index in [2.05, 4.69) is 15.0 Å². The summed E-state index contributed by atoms with van der Waals surface area (Å²) in [6, 6.07) is 8.21. The second-order valence-corrected chi connectivity index (χ2v) is 9.44. The van der Waals surface area contributed by atoms with Crippen LogP contribution in [0.2, 0.25) is 0 Å². The van der Waals surface area contributed by atoms with E-state index >= 15 is 0 Å². The molecule has 1 aliphatic heterocycles. The van der Waals surface area contributed by atoms with Gasteiger partial charge >= 0.3 is 0 Å². The Bertz CT molecular complexity index is 1240. The maximum atomic E-state index is 11.9. The molecule has 1 fully saturated rings. The highest BCUT2D eigenvalue weighted by Crippen LogP contribution is 2.33. The normalized spacial score (nSPS) is 16.1. The minimum absolute atomic E-state index is 0.170. The van der Waals surface area contributed by atoms with Crippen molar-refractivity contribution in [3.63, 3.8) is 0 Å². The molecule has 3 aromatic rings. The molecule has 3 heterocycles. The van der Waals surface area contributed by atoms with Crippen LogP contribution in [0.4, 0.5) is 0 Å². The van der Waals surface area contributed by atoms with Gasteiger partial charge in [-0.3, -0.25) is 9.78 Å². The Hall–Kier alpha value is -2.53. The number of nitrogens with one attached hydrogen (secondary N) is 2. The van der Waals surface area contributed by atoms with Gasteiger partial charge in [-0.15, -0.1) is 0 Å². The first-order valence-electron chi connectivity index (χ1n) is 8.04. The average molecular weight is 432 g/mol. The van der Waals surface area contributed by atoms with Gasteiger partial charge in [0.15, 0.2) is 0 Å². The molecule has 0 aliphatic carbocycles. The third-order valence-electron chi connectivity index (χ3n) is 4.10. The maximum absolute atomic E-state index is 11.9. The molecule has 0 saturated carbocycles. The third-order valence-corrected chi connectivity index (χ3v) is 6.69. The zero-order valence-corrected chi connectivity index (χ0v) is 16.9. The van der Waals surface area contributed by atoms with Gasteiger partial charge in [0, 0.05) is 29.4 Å². The van der Waals surface area contributed by atoms with Crippen molar-refractivity contribution >= 4 is 61.3 Å². The summed E-state index contributed by atoms with van der Waals surface area (Å²) in [6.45, 7) is 0. The Morgan fingerprint density at radius 3 is 2.64 bits per heavy atom. The van der Waals surface area contributed by atoms with Gasteiger partial charge in [-0.2, -0.15) is 0 Å². The summed E-state index contributed by atoms with van der Waals surface area (Å²) < 4.78 is 32.4. The van der Waals surface area contributed by atoms with Gasteiger partial charge in [-0.05, 0) is 30.8 Å². The molecule has 28 heavy (non-hydrogen) atoms. The van der Waals surface area contributed by atoms with Gasteiger partial charge in [0.25, 0.3) is 5.91 Å². The first kappa shape index (κ1) is 18.8. The number of fused-ring (bicyclic) bond motifs is 1. The van der Waals surface area contributed by atoms with Crippen LogP contribution >= 0.6 is 24.0 Å². The van der Waals surface area contributed by atoms with E-state index in [1.807, 2.05) is 0 Å². The number of furan rings is 1. The molecule has 10 heteroatoms. The molecule has 1 aromatic carbocycles. The van der Waals surface area contributed by atoms with Crippen molar-refractivity contribution in [2.75, 3.05) is 7.05 Å². The Balaban J connectivity index is 1.75. The number of thioether (sulfide) groups is 1. The smallest absolute Gasteiger partial charge is 0.263 e.